The number of aromatic nitrogens is 2. The quantitative estimate of drug-likeness (QED) is 0.577. The summed E-state index contributed by atoms with van der Waals surface area (Å²) in [5.41, 5.74) is 1.58. The molecule has 0 aliphatic carbocycles. The fourth-order valence-corrected chi connectivity index (χ4v) is 3.71. The molecule has 6 nitrogen and oxygen atoms in total. The van der Waals surface area contributed by atoms with Crippen LogP contribution in [0.5, 0.6) is 0 Å². The molecule has 0 spiro atoms. The Labute approximate surface area is 146 Å². The summed E-state index contributed by atoms with van der Waals surface area (Å²) in [6.07, 6.45) is 0.593. The van der Waals surface area contributed by atoms with E-state index < -0.39 is 10.0 Å². The first-order chi connectivity index (χ1) is 10.4. The van der Waals surface area contributed by atoms with E-state index in [1.54, 1.807) is 24.3 Å². The van der Waals surface area contributed by atoms with Gasteiger partial charge in [0.25, 0.3) is 10.0 Å². The molecule has 0 amide bonds. The number of aryl methyl sites for hydroxylation is 1. The monoisotopic (exact) mass is 450 g/mol. The number of nitrogens with zero attached hydrogens (tertiary/aromatic N) is 3. The largest absolute Gasteiger partial charge is 0.313 e. The molecular formula is C13H12ClIN4O2S. The van der Waals surface area contributed by atoms with Gasteiger partial charge in [0.05, 0.1) is 4.90 Å². The minimum atomic E-state index is -3.68. The Balaban J connectivity index is 1.86. The van der Waals surface area contributed by atoms with E-state index in [1.807, 2.05) is 34.1 Å². The van der Waals surface area contributed by atoms with E-state index in [0.29, 0.717) is 33.4 Å². The Morgan fingerprint density at radius 3 is 2.73 bits per heavy atom. The zero-order chi connectivity index (χ0) is 15.9. The Hall–Kier alpha value is -1.13. The second kappa shape index (κ2) is 5.82. The molecule has 2 aromatic rings. The lowest BCUT2D eigenvalue weighted by Crippen LogP contribution is -2.20. The van der Waals surface area contributed by atoms with Crippen molar-refractivity contribution in [2.45, 2.75) is 24.8 Å². The predicted molar refractivity (Wildman–Crippen MR) is 92.6 cm³/mol. The second-order valence-electron chi connectivity index (χ2n) is 4.88. The van der Waals surface area contributed by atoms with Crippen molar-refractivity contribution in [1.29, 1.82) is 0 Å². The van der Waals surface area contributed by atoms with Crippen molar-refractivity contribution < 1.29 is 8.42 Å². The molecule has 9 heteroatoms. The molecule has 0 bridgehead atoms. The molecule has 1 aromatic carbocycles. The summed E-state index contributed by atoms with van der Waals surface area (Å²) >= 11 is 8.16. The third kappa shape index (κ3) is 2.86. The van der Waals surface area contributed by atoms with Crippen molar-refractivity contribution in [1.82, 2.24) is 14.4 Å². The molecule has 2 heterocycles. The van der Waals surface area contributed by atoms with Crippen molar-refractivity contribution in [2.75, 3.05) is 0 Å². The van der Waals surface area contributed by atoms with Gasteiger partial charge in [0.15, 0.2) is 5.82 Å². The van der Waals surface area contributed by atoms with E-state index in [1.165, 1.54) is 0 Å². The van der Waals surface area contributed by atoms with E-state index in [2.05, 4.69) is 14.9 Å². The zero-order valence-electron chi connectivity index (χ0n) is 11.5. The fraction of sp³-hybridized carbons (Fsp3) is 0.231. The van der Waals surface area contributed by atoms with Crippen LogP contribution in [0.15, 0.2) is 34.3 Å². The molecule has 0 radical (unpaired) electrons. The van der Waals surface area contributed by atoms with Crippen molar-refractivity contribution in [2.24, 2.45) is 5.10 Å². The van der Waals surface area contributed by atoms with Crippen LogP contribution < -0.4 is 4.83 Å². The number of hydrogen-bond acceptors (Lipinski definition) is 4. The normalized spacial score (nSPS) is 16.0. The lowest BCUT2D eigenvalue weighted by atomic mass is 10.2. The number of sulfonamides is 1. The first-order valence-corrected chi connectivity index (χ1v) is 9.39. The van der Waals surface area contributed by atoms with Gasteiger partial charge in [0.1, 0.15) is 14.6 Å². The fourth-order valence-electron chi connectivity index (χ4n) is 2.15. The molecule has 0 saturated carbocycles. The van der Waals surface area contributed by atoms with Gasteiger partial charge in [0.2, 0.25) is 0 Å². The molecule has 116 valence electrons. The molecule has 1 aliphatic heterocycles. The van der Waals surface area contributed by atoms with E-state index in [4.69, 9.17) is 11.6 Å². The number of nitrogens with one attached hydrogen (secondary N) is 1. The van der Waals surface area contributed by atoms with Gasteiger partial charge in [-0.25, -0.2) is 4.98 Å². The minimum absolute atomic E-state index is 0.177. The van der Waals surface area contributed by atoms with Gasteiger partial charge in [-0.05, 0) is 41.6 Å². The summed E-state index contributed by atoms with van der Waals surface area (Å²) in [4.78, 5) is 6.75. The molecule has 0 unspecified atom stereocenters. The highest BCUT2D eigenvalue weighted by molar-refractivity contribution is 14.1. The molecule has 1 aromatic heterocycles. The Bertz CT molecular complexity index is 859. The number of rotatable bonds is 3. The Kier molecular flexibility index (Phi) is 4.17. The van der Waals surface area contributed by atoms with Gasteiger partial charge in [0, 0.05) is 13.0 Å². The third-order valence-corrected chi connectivity index (χ3v) is 6.01. The highest BCUT2D eigenvalue weighted by atomic mass is 127. The number of hydrogen-bond donors (Lipinski definition) is 1. The lowest BCUT2D eigenvalue weighted by molar-refractivity contribution is 0.584. The minimum Gasteiger partial charge on any atom is -0.313 e. The molecule has 0 atom stereocenters. The summed E-state index contributed by atoms with van der Waals surface area (Å²) in [5, 5.41) is 4.58. The molecule has 1 N–H and O–H groups in total. The van der Waals surface area contributed by atoms with Gasteiger partial charge < -0.3 is 4.57 Å². The Morgan fingerprint density at radius 1 is 1.36 bits per heavy atom. The average Bonchev–Trinajstić information content (AvgIpc) is 2.99. The summed E-state index contributed by atoms with van der Waals surface area (Å²) < 4.78 is 26.9. The van der Waals surface area contributed by atoms with E-state index >= 15 is 0 Å². The van der Waals surface area contributed by atoms with E-state index in [0.717, 1.165) is 5.56 Å². The lowest BCUT2D eigenvalue weighted by Gasteiger charge is -2.04. The highest BCUT2D eigenvalue weighted by Crippen LogP contribution is 2.25. The third-order valence-electron chi connectivity index (χ3n) is 3.33. The van der Waals surface area contributed by atoms with Crippen molar-refractivity contribution >= 4 is 49.9 Å². The summed E-state index contributed by atoms with van der Waals surface area (Å²) in [6.45, 7) is 2.54. The standard InChI is InChI=1S/C13H12ClIN4O2S/c1-8-2-4-9(5-3-8)22(20,21)18-17-10-6-7-19-11(14)12(15)16-13(10)19/h2-5,18H,6-7H2,1H3/b17-10+. The maximum Gasteiger partial charge on any atom is 0.276 e. The van der Waals surface area contributed by atoms with Gasteiger partial charge in [-0.3, -0.25) is 0 Å². The predicted octanol–water partition coefficient (Wildman–Crippen LogP) is 2.54. The van der Waals surface area contributed by atoms with Crippen LogP contribution in [-0.4, -0.2) is 23.7 Å². The number of benzene rings is 1. The molecule has 3 rings (SSSR count). The smallest absolute Gasteiger partial charge is 0.276 e. The van der Waals surface area contributed by atoms with Gasteiger partial charge >= 0.3 is 0 Å². The number of halogens is 2. The molecule has 22 heavy (non-hydrogen) atoms. The van der Waals surface area contributed by atoms with Gasteiger partial charge in [-0.2, -0.15) is 18.4 Å². The van der Waals surface area contributed by atoms with E-state index in [-0.39, 0.29) is 4.90 Å². The topological polar surface area (TPSA) is 76.3 Å². The van der Waals surface area contributed by atoms with Crippen LogP contribution in [0.2, 0.25) is 5.15 Å². The zero-order valence-corrected chi connectivity index (χ0v) is 15.3. The van der Waals surface area contributed by atoms with Crippen molar-refractivity contribution in [3.8, 4) is 0 Å². The Morgan fingerprint density at radius 2 is 2.05 bits per heavy atom. The van der Waals surface area contributed by atoms with Crippen LogP contribution in [-0.2, 0) is 16.6 Å². The maximum atomic E-state index is 12.2. The SMILES string of the molecule is Cc1ccc(S(=O)(=O)N/N=C2\CCn3c2nc(I)c3Cl)cc1. The first-order valence-electron chi connectivity index (χ1n) is 6.45. The van der Waals surface area contributed by atoms with Crippen molar-refractivity contribution in [3.05, 3.63) is 44.5 Å². The number of hydrazone groups is 1. The van der Waals surface area contributed by atoms with Crippen LogP contribution in [0, 0.1) is 10.6 Å². The van der Waals surface area contributed by atoms with Crippen molar-refractivity contribution in [3.63, 3.8) is 0 Å². The summed E-state index contributed by atoms with van der Waals surface area (Å²) in [7, 11) is -3.68. The number of imidazole rings is 1. The molecule has 0 fully saturated rings. The van der Waals surface area contributed by atoms with Crippen LogP contribution in [0.1, 0.15) is 17.8 Å². The van der Waals surface area contributed by atoms with Crippen LogP contribution in [0.25, 0.3) is 0 Å². The van der Waals surface area contributed by atoms with Crippen LogP contribution in [0.3, 0.4) is 0 Å². The maximum absolute atomic E-state index is 12.2. The van der Waals surface area contributed by atoms with Gasteiger partial charge in [-0.15, -0.1) is 0 Å². The first kappa shape index (κ1) is 15.8. The van der Waals surface area contributed by atoms with Crippen LogP contribution >= 0.6 is 34.2 Å². The molecule has 0 saturated heterocycles. The molecule has 1 aliphatic rings. The summed E-state index contributed by atoms with van der Waals surface area (Å²) in [5.74, 6) is 0.612. The second-order valence-corrected chi connectivity index (χ2v) is 7.93. The summed E-state index contributed by atoms with van der Waals surface area (Å²) in [6, 6.07) is 6.58. The highest BCUT2D eigenvalue weighted by Gasteiger charge is 2.25. The van der Waals surface area contributed by atoms with Crippen LogP contribution in [0.4, 0.5) is 0 Å². The van der Waals surface area contributed by atoms with Gasteiger partial charge in [-0.1, -0.05) is 29.3 Å². The average molecular weight is 451 g/mol. The van der Waals surface area contributed by atoms with E-state index in [9.17, 15) is 8.42 Å². The molecular weight excluding hydrogens is 439 g/mol. The number of fused-ring (bicyclic) bond motifs is 1.